The van der Waals surface area contributed by atoms with Gasteiger partial charge in [-0.3, -0.25) is 0 Å². The summed E-state index contributed by atoms with van der Waals surface area (Å²) in [4.78, 5) is 0. The molecule has 2 aromatic rings. The van der Waals surface area contributed by atoms with Gasteiger partial charge in [0, 0.05) is 5.69 Å². The molecule has 2 aromatic carbocycles. The molecule has 0 aromatic heterocycles. The van der Waals surface area contributed by atoms with E-state index in [1.807, 2.05) is 18.2 Å². The lowest BCUT2D eigenvalue weighted by atomic mass is 10.0. The van der Waals surface area contributed by atoms with Crippen molar-refractivity contribution >= 4 is 18.1 Å². The highest BCUT2D eigenvalue weighted by atomic mass is 35.5. The molecule has 0 amide bonds. The van der Waals surface area contributed by atoms with Crippen LogP contribution < -0.4 is 5.73 Å². The molecule has 0 radical (unpaired) electrons. The zero-order valence-electron chi connectivity index (χ0n) is 9.53. The number of nitrogens with two attached hydrogens (primary N) is 1. The molecule has 0 aliphatic rings. The van der Waals surface area contributed by atoms with E-state index in [1.165, 1.54) is 22.3 Å². The van der Waals surface area contributed by atoms with Crippen molar-refractivity contribution in [2.24, 2.45) is 0 Å². The molecule has 2 rings (SSSR count). The molecule has 2 heteroatoms. The minimum atomic E-state index is 0. The van der Waals surface area contributed by atoms with E-state index in [2.05, 4.69) is 38.1 Å². The van der Waals surface area contributed by atoms with Crippen LogP contribution in [0.3, 0.4) is 0 Å². The van der Waals surface area contributed by atoms with Crippen LogP contribution in [0.15, 0.2) is 42.5 Å². The Hall–Kier alpha value is -1.47. The van der Waals surface area contributed by atoms with Gasteiger partial charge >= 0.3 is 0 Å². The van der Waals surface area contributed by atoms with Gasteiger partial charge in [-0.2, -0.15) is 0 Å². The number of anilines is 1. The van der Waals surface area contributed by atoms with Crippen LogP contribution in [0.25, 0.3) is 11.1 Å². The first-order valence-electron chi connectivity index (χ1n) is 5.10. The second-order valence-corrected chi connectivity index (χ2v) is 3.92. The van der Waals surface area contributed by atoms with Crippen LogP contribution in [0.1, 0.15) is 11.1 Å². The summed E-state index contributed by atoms with van der Waals surface area (Å²) >= 11 is 0. The van der Waals surface area contributed by atoms with E-state index in [0.29, 0.717) is 0 Å². The maximum atomic E-state index is 5.76. The molecule has 0 heterocycles. The predicted octanol–water partition coefficient (Wildman–Crippen LogP) is 3.97. The summed E-state index contributed by atoms with van der Waals surface area (Å²) in [7, 11) is 0. The van der Waals surface area contributed by atoms with Gasteiger partial charge in [-0.1, -0.05) is 30.3 Å². The first-order chi connectivity index (χ1) is 7.16. The van der Waals surface area contributed by atoms with Gasteiger partial charge in [0.2, 0.25) is 0 Å². The molecule has 0 aliphatic heterocycles. The van der Waals surface area contributed by atoms with Crippen molar-refractivity contribution in [1.29, 1.82) is 0 Å². The van der Waals surface area contributed by atoms with E-state index in [-0.39, 0.29) is 12.4 Å². The number of nitrogen functional groups attached to an aromatic ring is 1. The molecule has 0 unspecified atom stereocenters. The second-order valence-electron chi connectivity index (χ2n) is 3.92. The van der Waals surface area contributed by atoms with Crippen LogP contribution in [0, 0.1) is 13.8 Å². The fourth-order valence-corrected chi connectivity index (χ4v) is 1.64. The smallest absolute Gasteiger partial charge is 0.0320 e. The zero-order chi connectivity index (χ0) is 10.8. The lowest BCUT2D eigenvalue weighted by Gasteiger charge is -2.06. The SMILES string of the molecule is Cc1ccc(-c2cccc(N)c2)cc1C.Cl. The monoisotopic (exact) mass is 233 g/mol. The number of hydrogen-bond donors (Lipinski definition) is 1. The fraction of sp³-hybridized carbons (Fsp3) is 0.143. The highest BCUT2D eigenvalue weighted by molar-refractivity contribution is 5.85. The van der Waals surface area contributed by atoms with Gasteiger partial charge in [0.1, 0.15) is 0 Å². The van der Waals surface area contributed by atoms with Gasteiger partial charge in [0.25, 0.3) is 0 Å². The summed E-state index contributed by atoms with van der Waals surface area (Å²) in [6.45, 7) is 4.25. The van der Waals surface area contributed by atoms with Gasteiger partial charge in [0.15, 0.2) is 0 Å². The third-order valence-electron chi connectivity index (χ3n) is 2.73. The van der Waals surface area contributed by atoms with E-state index >= 15 is 0 Å². The van der Waals surface area contributed by atoms with E-state index in [9.17, 15) is 0 Å². The molecule has 2 N–H and O–H groups in total. The number of rotatable bonds is 1. The van der Waals surface area contributed by atoms with Gasteiger partial charge in [-0.25, -0.2) is 0 Å². The van der Waals surface area contributed by atoms with Crippen molar-refractivity contribution in [3.8, 4) is 11.1 Å². The number of aryl methyl sites for hydroxylation is 2. The molecule has 0 fully saturated rings. The van der Waals surface area contributed by atoms with Crippen molar-refractivity contribution in [2.75, 3.05) is 5.73 Å². The average Bonchev–Trinajstić information content (AvgIpc) is 2.22. The molecule has 0 spiro atoms. The average molecular weight is 234 g/mol. The Balaban J connectivity index is 0.00000128. The molecule has 84 valence electrons. The number of halogens is 1. The Labute approximate surface area is 103 Å². The van der Waals surface area contributed by atoms with E-state index in [4.69, 9.17) is 5.73 Å². The van der Waals surface area contributed by atoms with Gasteiger partial charge in [0.05, 0.1) is 0 Å². The highest BCUT2D eigenvalue weighted by Crippen LogP contribution is 2.23. The molecule has 0 aliphatic carbocycles. The van der Waals surface area contributed by atoms with Crippen LogP contribution in [-0.4, -0.2) is 0 Å². The van der Waals surface area contributed by atoms with Crippen LogP contribution in [0.2, 0.25) is 0 Å². The summed E-state index contributed by atoms with van der Waals surface area (Å²) in [6, 6.07) is 14.5. The Kier molecular flexibility index (Phi) is 3.97. The van der Waals surface area contributed by atoms with Crippen LogP contribution in [-0.2, 0) is 0 Å². The summed E-state index contributed by atoms with van der Waals surface area (Å²) in [6.07, 6.45) is 0. The highest BCUT2D eigenvalue weighted by Gasteiger charge is 1.99. The van der Waals surface area contributed by atoms with Crippen molar-refractivity contribution in [3.63, 3.8) is 0 Å². The van der Waals surface area contributed by atoms with Gasteiger partial charge < -0.3 is 5.73 Å². The molecule has 0 saturated carbocycles. The Morgan fingerprint density at radius 1 is 0.812 bits per heavy atom. The Morgan fingerprint density at radius 2 is 1.50 bits per heavy atom. The molecule has 16 heavy (non-hydrogen) atoms. The van der Waals surface area contributed by atoms with Crippen LogP contribution in [0.5, 0.6) is 0 Å². The summed E-state index contributed by atoms with van der Waals surface area (Å²) in [5, 5.41) is 0. The molecule has 0 saturated heterocycles. The largest absolute Gasteiger partial charge is 0.399 e. The third kappa shape index (κ3) is 2.56. The molecule has 0 bridgehead atoms. The van der Waals surface area contributed by atoms with Crippen LogP contribution >= 0.6 is 12.4 Å². The second kappa shape index (κ2) is 5.04. The molecular weight excluding hydrogens is 218 g/mol. The van der Waals surface area contributed by atoms with E-state index < -0.39 is 0 Å². The molecule has 1 nitrogen and oxygen atoms in total. The maximum Gasteiger partial charge on any atom is 0.0320 e. The molecular formula is C14H16ClN. The maximum absolute atomic E-state index is 5.76. The Morgan fingerprint density at radius 3 is 2.12 bits per heavy atom. The topological polar surface area (TPSA) is 26.0 Å². The zero-order valence-corrected chi connectivity index (χ0v) is 10.3. The van der Waals surface area contributed by atoms with Crippen molar-refractivity contribution in [3.05, 3.63) is 53.6 Å². The molecule has 0 atom stereocenters. The number of hydrogen-bond acceptors (Lipinski definition) is 1. The number of benzene rings is 2. The predicted molar refractivity (Wildman–Crippen MR) is 73.0 cm³/mol. The van der Waals surface area contributed by atoms with Crippen molar-refractivity contribution in [1.82, 2.24) is 0 Å². The first kappa shape index (κ1) is 12.6. The van der Waals surface area contributed by atoms with Gasteiger partial charge in [-0.05, 0) is 48.2 Å². The first-order valence-corrected chi connectivity index (χ1v) is 5.10. The normalized spacial score (nSPS) is 9.62. The summed E-state index contributed by atoms with van der Waals surface area (Å²) in [5.41, 5.74) is 11.6. The summed E-state index contributed by atoms with van der Waals surface area (Å²) < 4.78 is 0. The van der Waals surface area contributed by atoms with Crippen molar-refractivity contribution in [2.45, 2.75) is 13.8 Å². The Bertz CT molecular complexity index is 492. The van der Waals surface area contributed by atoms with E-state index in [1.54, 1.807) is 0 Å². The summed E-state index contributed by atoms with van der Waals surface area (Å²) in [5.74, 6) is 0. The lowest BCUT2D eigenvalue weighted by Crippen LogP contribution is -1.86. The van der Waals surface area contributed by atoms with Crippen molar-refractivity contribution < 1.29 is 0 Å². The third-order valence-corrected chi connectivity index (χ3v) is 2.73. The quantitative estimate of drug-likeness (QED) is 0.741. The lowest BCUT2D eigenvalue weighted by molar-refractivity contribution is 1.34. The standard InChI is InChI=1S/C14H15N.ClH/c1-10-6-7-13(8-11(10)2)12-4-3-5-14(15)9-12;/h3-9H,15H2,1-2H3;1H. The minimum absolute atomic E-state index is 0. The minimum Gasteiger partial charge on any atom is -0.399 e. The van der Waals surface area contributed by atoms with Gasteiger partial charge in [-0.15, -0.1) is 12.4 Å². The fourth-order valence-electron chi connectivity index (χ4n) is 1.64. The van der Waals surface area contributed by atoms with Crippen LogP contribution in [0.4, 0.5) is 5.69 Å². The van der Waals surface area contributed by atoms with E-state index in [0.717, 1.165) is 5.69 Å².